The van der Waals surface area contributed by atoms with E-state index in [4.69, 9.17) is 5.11 Å². The lowest BCUT2D eigenvalue weighted by molar-refractivity contribution is -0.131. The zero-order valence-corrected chi connectivity index (χ0v) is 12.3. The van der Waals surface area contributed by atoms with Gasteiger partial charge in [0.15, 0.2) is 0 Å². The molecule has 1 aromatic rings. The molecule has 0 spiro atoms. The van der Waals surface area contributed by atoms with Gasteiger partial charge in [-0.25, -0.2) is 9.78 Å². The molecule has 0 bridgehead atoms. The lowest BCUT2D eigenvalue weighted by atomic mass is 10.1. The first-order chi connectivity index (χ1) is 10.1. The molecule has 2 saturated heterocycles. The Morgan fingerprint density at radius 3 is 3.14 bits per heavy atom. The van der Waals surface area contributed by atoms with E-state index in [1.807, 2.05) is 12.1 Å². The molecule has 0 saturated carbocycles. The third-order valence-electron chi connectivity index (χ3n) is 4.43. The molecule has 2 fully saturated rings. The Kier molecular flexibility index (Phi) is 3.92. The van der Waals surface area contributed by atoms with Crippen molar-refractivity contribution in [2.24, 2.45) is 0 Å². The summed E-state index contributed by atoms with van der Waals surface area (Å²) in [6.07, 6.45) is 7.12. The molecule has 0 aromatic carbocycles. The van der Waals surface area contributed by atoms with Crippen LogP contribution in [0.25, 0.3) is 6.08 Å². The minimum atomic E-state index is -0.932. The van der Waals surface area contributed by atoms with Crippen molar-refractivity contribution >= 4 is 17.9 Å². The third kappa shape index (κ3) is 2.93. The number of carbonyl (C=O) groups is 1. The number of rotatable bonds is 3. The number of carboxylic acid groups (broad SMARTS) is 1. The summed E-state index contributed by atoms with van der Waals surface area (Å²) in [7, 11) is 0. The number of pyridine rings is 1. The smallest absolute Gasteiger partial charge is 0.328 e. The fourth-order valence-electron chi connectivity index (χ4n) is 3.42. The monoisotopic (exact) mass is 287 g/mol. The van der Waals surface area contributed by atoms with Crippen LogP contribution in [0.2, 0.25) is 0 Å². The van der Waals surface area contributed by atoms with Gasteiger partial charge in [-0.05, 0) is 44.5 Å². The molecule has 0 radical (unpaired) electrons. The Labute approximate surface area is 124 Å². The number of anilines is 1. The van der Waals surface area contributed by atoms with E-state index < -0.39 is 5.97 Å². The van der Waals surface area contributed by atoms with E-state index in [1.165, 1.54) is 25.5 Å². The van der Waals surface area contributed by atoms with E-state index in [2.05, 4.69) is 21.7 Å². The van der Waals surface area contributed by atoms with Crippen LogP contribution in [0.15, 0.2) is 24.4 Å². The fourth-order valence-corrected chi connectivity index (χ4v) is 3.42. The molecule has 1 aromatic heterocycles. The normalized spacial score (nSPS) is 26.2. The van der Waals surface area contributed by atoms with Crippen LogP contribution < -0.4 is 4.90 Å². The molecule has 21 heavy (non-hydrogen) atoms. The largest absolute Gasteiger partial charge is 0.478 e. The third-order valence-corrected chi connectivity index (χ3v) is 4.43. The van der Waals surface area contributed by atoms with Crippen molar-refractivity contribution in [3.8, 4) is 0 Å². The molecule has 3 rings (SSSR count). The minimum Gasteiger partial charge on any atom is -0.478 e. The van der Waals surface area contributed by atoms with Gasteiger partial charge in [0.25, 0.3) is 0 Å². The quantitative estimate of drug-likeness (QED) is 0.860. The van der Waals surface area contributed by atoms with E-state index in [9.17, 15) is 4.79 Å². The zero-order chi connectivity index (χ0) is 14.8. The highest BCUT2D eigenvalue weighted by Gasteiger charge is 2.35. The second kappa shape index (κ2) is 5.85. The Balaban J connectivity index is 1.87. The van der Waals surface area contributed by atoms with E-state index in [1.54, 1.807) is 12.3 Å². The number of piperazine rings is 1. The van der Waals surface area contributed by atoms with Gasteiger partial charge >= 0.3 is 5.97 Å². The predicted octanol–water partition coefficient (Wildman–Crippen LogP) is 1.85. The highest BCUT2D eigenvalue weighted by Crippen LogP contribution is 2.29. The standard InChI is InChI=1S/C16H21N3O2/c1-12-10-18-9-3-5-14(18)11-19(12)16-13(4-2-8-17-16)6-7-15(20)21/h2,4,6-8,12,14H,3,5,9-11H2,1H3,(H,20,21)/b7-6+. The molecule has 2 atom stereocenters. The number of carboxylic acids is 1. The van der Waals surface area contributed by atoms with Crippen LogP contribution in [0, 0.1) is 0 Å². The van der Waals surface area contributed by atoms with Gasteiger partial charge < -0.3 is 10.0 Å². The number of aliphatic carboxylic acids is 1. The number of aromatic nitrogens is 1. The summed E-state index contributed by atoms with van der Waals surface area (Å²) in [5.74, 6) is -0.0347. The van der Waals surface area contributed by atoms with Gasteiger partial charge in [0.1, 0.15) is 5.82 Å². The fraction of sp³-hybridized carbons (Fsp3) is 0.500. The van der Waals surface area contributed by atoms with Crippen molar-refractivity contribution in [3.63, 3.8) is 0 Å². The second-order valence-electron chi connectivity index (χ2n) is 5.88. The molecule has 0 aliphatic carbocycles. The summed E-state index contributed by atoms with van der Waals surface area (Å²) in [4.78, 5) is 20.1. The van der Waals surface area contributed by atoms with Gasteiger partial charge in [0.05, 0.1) is 0 Å². The van der Waals surface area contributed by atoms with Crippen molar-refractivity contribution in [2.45, 2.75) is 31.8 Å². The van der Waals surface area contributed by atoms with Crippen molar-refractivity contribution < 1.29 is 9.90 Å². The first-order valence-corrected chi connectivity index (χ1v) is 7.52. The Morgan fingerprint density at radius 1 is 1.48 bits per heavy atom. The van der Waals surface area contributed by atoms with E-state index in [0.717, 1.165) is 24.5 Å². The number of nitrogens with zero attached hydrogens (tertiary/aromatic N) is 3. The van der Waals surface area contributed by atoms with Crippen LogP contribution >= 0.6 is 0 Å². The number of hydrogen-bond donors (Lipinski definition) is 1. The molecule has 1 N–H and O–H groups in total. The highest BCUT2D eigenvalue weighted by molar-refractivity contribution is 5.86. The molecule has 5 heteroatoms. The molecule has 112 valence electrons. The van der Waals surface area contributed by atoms with Gasteiger partial charge in [0.2, 0.25) is 0 Å². The topological polar surface area (TPSA) is 56.7 Å². The Bertz CT molecular complexity index is 558. The average molecular weight is 287 g/mol. The second-order valence-corrected chi connectivity index (χ2v) is 5.88. The Morgan fingerprint density at radius 2 is 2.33 bits per heavy atom. The van der Waals surface area contributed by atoms with Gasteiger partial charge in [-0.1, -0.05) is 0 Å². The summed E-state index contributed by atoms with van der Waals surface area (Å²) < 4.78 is 0. The molecule has 3 heterocycles. The maximum Gasteiger partial charge on any atom is 0.328 e. The predicted molar refractivity (Wildman–Crippen MR) is 82.3 cm³/mol. The lowest BCUT2D eigenvalue weighted by Gasteiger charge is -2.43. The number of hydrogen-bond acceptors (Lipinski definition) is 4. The Hall–Kier alpha value is -1.88. The molecule has 2 aliphatic heterocycles. The lowest BCUT2D eigenvalue weighted by Crippen LogP contribution is -2.55. The molecule has 2 aliphatic rings. The van der Waals surface area contributed by atoms with Crippen LogP contribution in [-0.2, 0) is 4.79 Å². The summed E-state index contributed by atoms with van der Waals surface area (Å²) in [5.41, 5.74) is 0.873. The SMILES string of the molecule is CC1CN2CCCC2CN1c1ncccc1/C=C/C(=O)O. The summed E-state index contributed by atoms with van der Waals surface area (Å²) in [6, 6.07) is 4.78. The summed E-state index contributed by atoms with van der Waals surface area (Å²) in [6.45, 7) is 5.46. The van der Waals surface area contributed by atoms with Crippen molar-refractivity contribution in [3.05, 3.63) is 30.0 Å². The van der Waals surface area contributed by atoms with Gasteiger partial charge in [-0.15, -0.1) is 0 Å². The highest BCUT2D eigenvalue weighted by atomic mass is 16.4. The summed E-state index contributed by atoms with van der Waals surface area (Å²) >= 11 is 0. The van der Waals surface area contributed by atoms with Crippen LogP contribution in [0.1, 0.15) is 25.3 Å². The van der Waals surface area contributed by atoms with E-state index in [-0.39, 0.29) is 0 Å². The van der Waals surface area contributed by atoms with Crippen LogP contribution in [-0.4, -0.2) is 52.7 Å². The van der Waals surface area contributed by atoms with Crippen molar-refractivity contribution in [2.75, 3.05) is 24.5 Å². The maximum atomic E-state index is 10.7. The number of fused-ring (bicyclic) bond motifs is 1. The van der Waals surface area contributed by atoms with Gasteiger partial charge in [0, 0.05) is 43.0 Å². The van der Waals surface area contributed by atoms with Crippen LogP contribution in [0.4, 0.5) is 5.82 Å². The van der Waals surface area contributed by atoms with Gasteiger partial charge in [-0.3, -0.25) is 4.90 Å². The molecular weight excluding hydrogens is 266 g/mol. The van der Waals surface area contributed by atoms with Crippen LogP contribution in [0.3, 0.4) is 0 Å². The minimum absolute atomic E-state index is 0.395. The summed E-state index contributed by atoms with van der Waals surface area (Å²) in [5, 5.41) is 8.82. The first-order valence-electron chi connectivity index (χ1n) is 7.52. The molecule has 5 nitrogen and oxygen atoms in total. The molecule has 0 amide bonds. The van der Waals surface area contributed by atoms with E-state index in [0.29, 0.717) is 12.1 Å². The van der Waals surface area contributed by atoms with Crippen molar-refractivity contribution in [1.29, 1.82) is 0 Å². The van der Waals surface area contributed by atoms with Crippen molar-refractivity contribution in [1.82, 2.24) is 9.88 Å². The van der Waals surface area contributed by atoms with E-state index >= 15 is 0 Å². The van der Waals surface area contributed by atoms with Crippen LogP contribution in [0.5, 0.6) is 0 Å². The average Bonchev–Trinajstić information content (AvgIpc) is 2.91. The van der Waals surface area contributed by atoms with Gasteiger partial charge in [-0.2, -0.15) is 0 Å². The maximum absolute atomic E-state index is 10.7. The molecular formula is C16H21N3O2. The zero-order valence-electron chi connectivity index (χ0n) is 12.3. The molecule has 2 unspecified atom stereocenters. The first kappa shape index (κ1) is 14.1.